The van der Waals surface area contributed by atoms with Crippen molar-refractivity contribution in [1.82, 2.24) is 10.2 Å². The highest BCUT2D eigenvalue weighted by Gasteiger charge is 2.45. The highest BCUT2D eigenvalue weighted by atomic mass is 32.2. The molecular formula is C21H28N2O2S. The summed E-state index contributed by atoms with van der Waals surface area (Å²) in [5, 5.41) is 3.26. The Kier molecular flexibility index (Phi) is 5.25. The molecule has 5 heteroatoms. The predicted molar refractivity (Wildman–Crippen MR) is 105 cm³/mol. The lowest BCUT2D eigenvalue weighted by Gasteiger charge is -2.35. The lowest BCUT2D eigenvalue weighted by Crippen LogP contribution is -2.51. The molecule has 4 nitrogen and oxygen atoms in total. The Hall–Kier alpha value is -1.49. The maximum atomic E-state index is 13.4. The molecule has 1 aliphatic heterocycles. The monoisotopic (exact) mass is 372 g/mol. The minimum Gasteiger partial charge on any atom is -0.352 e. The fourth-order valence-corrected chi connectivity index (χ4v) is 5.78. The van der Waals surface area contributed by atoms with E-state index >= 15 is 0 Å². The molecule has 2 unspecified atom stereocenters. The number of hydrogen-bond donors (Lipinski definition) is 1. The number of carbonyl (C=O) groups excluding carboxylic acids is 2. The topological polar surface area (TPSA) is 49.4 Å². The number of benzene rings is 1. The van der Waals surface area contributed by atoms with Crippen molar-refractivity contribution >= 4 is 23.6 Å². The van der Waals surface area contributed by atoms with E-state index in [1.165, 1.54) is 32.1 Å². The van der Waals surface area contributed by atoms with Crippen molar-refractivity contribution in [2.45, 2.75) is 69.3 Å². The molecule has 0 spiro atoms. The molecule has 0 aromatic heterocycles. The van der Waals surface area contributed by atoms with Gasteiger partial charge in [-0.15, -0.1) is 11.8 Å². The van der Waals surface area contributed by atoms with Gasteiger partial charge in [-0.3, -0.25) is 9.59 Å². The summed E-state index contributed by atoms with van der Waals surface area (Å²) in [6.07, 6.45) is 8.28. The minimum atomic E-state index is -0.332. The normalized spacial score (nSPS) is 26.7. The molecule has 1 N–H and O–H groups in total. The van der Waals surface area contributed by atoms with Crippen LogP contribution < -0.4 is 5.32 Å². The van der Waals surface area contributed by atoms with Crippen LogP contribution in [0.25, 0.3) is 0 Å². The Morgan fingerprint density at radius 2 is 1.73 bits per heavy atom. The molecule has 1 heterocycles. The lowest BCUT2D eigenvalue weighted by atomic mass is 9.88. The highest BCUT2D eigenvalue weighted by Crippen LogP contribution is 2.41. The number of rotatable bonds is 4. The summed E-state index contributed by atoms with van der Waals surface area (Å²) in [5.74, 6) is 1.29. The first kappa shape index (κ1) is 17.9. The third kappa shape index (κ3) is 3.78. The Morgan fingerprint density at radius 1 is 1.04 bits per heavy atom. The van der Waals surface area contributed by atoms with E-state index < -0.39 is 0 Å². The molecule has 4 rings (SSSR count). The molecule has 0 bridgehead atoms. The number of hydrogen-bond acceptors (Lipinski definition) is 3. The van der Waals surface area contributed by atoms with Gasteiger partial charge in [0, 0.05) is 17.4 Å². The Morgan fingerprint density at radius 3 is 2.38 bits per heavy atom. The van der Waals surface area contributed by atoms with Gasteiger partial charge in [-0.25, -0.2) is 0 Å². The van der Waals surface area contributed by atoms with E-state index in [0.717, 1.165) is 24.2 Å². The SMILES string of the molecule is Cc1ccc(C(=O)N2C(C(=O)NC3CC3)CSC2C2CCCCC2)cc1. The van der Waals surface area contributed by atoms with Crippen LogP contribution >= 0.6 is 11.8 Å². The average Bonchev–Trinajstić information content (AvgIpc) is 3.36. The van der Waals surface area contributed by atoms with E-state index in [-0.39, 0.29) is 23.2 Å². The van der Waals surface area contributed by atoms with Crippen LogP contribution in [0.2, 0.25) is 0 Å². The van der Waals surface area contributed by atoms with Crippen LogP contribution in [0.4, 0.5) is 0 Å². The first-order valence-electron chi connectivity index (χ1n) is 9.95. The Labute approximate surface area is 160 Å². The van der Waals surface area contributed by atoms with Crippen LogP contribution in [0, 0.1) is 12.8 Å². The van der Waals surface area contributed by atoms with E-state index in [9.17, 15) is 9.59 Å². The van der Waals surface area contributed by atoms with Gasteiger partial charge in [0.05, 0.1) is 5.37 Å². The zero-order chi connectivity index (χ0) is 18.1. The molecule has 2 saturated carbocycles. The minimum absolute atomic E-state index is 0.0153. The molecular weight excluding hydrogens is 344 g/mol. The smallest absolute Gasteiger partial charge is 0.255 e. The van der Waals surface area contributed by atoms with Crippen LogP contribution in [-0.2, 0) is 4.79 Å². The van der Waals surface area contributed by atoms with Crippen molar-refractivity contribution in [2.75, 3.05) is 5.75 Å². The predicted octanol–water partition coefficient (Wildman–Crippen LogP) is 3.74. The molecule has 1 aromatic rings. The molecule has 3 aliphatic rings. The zero-order valence-electron chi connectivity index (χ0n) is 15.4. The second kappa shape index (κ2) is 7.63. The molecule has 0 radical (unpaired) electrons. The van der Waals surface area contributed by atoms with Gasteiger partial charge in [-0.2, -0.15) is 0 Å². The second-order valence-corrected chi connectivity index (χ2v) is 9.15. The van der Waals surface area contributed by atoms with Gasteiger partial charge >= 0.3 is 0 Å². The van der Waals surface area contributed by atoms with Crippen molar-refractivity contribution in [3.63, 3.8) is 0 Å². The molecule has 2 aliphatic carbocycles. The van der Waals surface area contributed by atoms with Crippen molar-refractivity contribution in [2.24, 2.45) is 5.92 Å². The van der Waals surface area contributed by atoms with Crippen LogP contribution in [0.15, 0.2) is 24.3 Å². The lowest BCUT2D eigenvalue weighted by molar-refractivity contribution is -0.125. The standard InChI is InChI=1S/C21H28N2O2S/c1-14-7-9-15(10-8-14)20(25)23-18(19(24)22-17-11-12-17)13-26-21(23)16-5-3-2-4-6-16/h7-10,16-18,21H,2-6,11-13H2,1H3,(H,22,24). The second-order valence-electron chi connectivity index (χ2n) is 8.00. The average molecular weight is 373 g/mol. The summed E-state index contributed by atoms with van der Waals surface area (Å²) in [7, 11) is 0. The van der Waals surface area contributed by atoms with E-state index in [2.05, 4.69) is 5.32 Å². The maximum absolute atomic E-state index is 13.4. The van der Waals surface area contributed by atoms with Gasteiger partial charge in [0.15, 0.2) is 0 Å². The number of carbonyl (C=O) groups is 2. The van der Waals surface area contributed by atoms with Gasteiger partial charge in [-0.1, -0.05) is 37.0 Å². The maximum Gasteiger partial charge on any atom is 0.255 e. The fourth-order valence-electron chi connectivity index (χ4n) is 4.14. The molecule has 140 valence electrons. The molecule has 26 heavy (non-hydrogen) atoms. The Balaban J connectivity index is 1.58. The largest absolute Gasteiger partial charge is 0.352 e. The third-order valence-electron chi connectivity index (χ3n) is 5.85. The van der Waals surface area contributed by atoms with Gasteiger partial charge in [-0.05, 0) is 50.7 Å². The summed E-state index contributed by atoms with van der Waals surface area (Å²) in [5.41, 5.74) is 1.84. The van der Waals surface area contributed by atoms with Crippen molar-refractivity contribution in [3.8, 4) is 0 Å². The number of thioether (sulfide) groups is 1. The van der Waals surface area contributed by atoms with E-state index in [1.54, 1.807) is 0 Å². The number of aryl methyl sites for hydroxylation is 1. The quantitative estimate of drug-likeness (QED) is 0.876. The summed E-state index contributed by atoms with van der Waals surface area (Å²) in [4.78, 5) is 28.1. The fraction of sp³-hybridized carbons (Fsp3) is 0.619. The summed E-state index contributed by atoms with van der Waals surface area (Å²) < 4.78 is 0. The Bertz CT molecular complexity index is 665. The molecule has 1 aromatic carbocycles. The van der Waals surface area contributed by atoms with Crippen LogP contribution in [0.1, 0.15) is 60.9 Å². The van der Waals surface area contributed by atoms with Crippen LogP contribution in [0.3, 0.4) is 0 Å². The van der Waals surface area contributed by atoms with Crippen molar-refractivity contribution in [3.05, 3.63) is 35.4 Å². The molecule has 1 saturated heterocycles. The number of amides is 2. The molecule has 2 amide bonds. The van der Waals surface area contributed by atoms with E-state index in [0.29, 0.717) is 17.5 Å². The van der Waals surface area contributed by atoms with Crippen LogP contribution in [-0.4, -0.2) is 39.9 Å². The van der Waals surface area contributed by atoms with Gasteiger partial charge < -0.3 is 10.2 Å². The van der Waals surface area contributed by atoms with Crippen molar-refractivity contribution < 1.29 is 9.59 Å². The highest BCUT2D eigenvalue weighted by molar-refractivity contribution is 8.00. The summed E-state index contributed by atoms with van der Waals surface area (Å²) >= 11 is 1.81. The van der Waals surface area contributed by atoms with Gasteiger partial charge in [0.2, 0.25) is 5.91 Å². The third-order valence-corrected chi connectivity index (χ3v) is 7.31. The number of nitrogens with zero attached hydrogens (tertiary/aromatic N) is 1. The van der Waals surface area contributed by atoms with Crippen LogP contribution in [0.5, 0.6) is 0 Å². The first-order chi connectivity index (χ1) is 12.6. The first-order valence-corrected chi connectivity index (χ1v) is 11.0. The van der Waals surface area contributed by atoms with E-state index in [1.807, 2.05) is 47.9 Å². The number of nitrogens with one attached hydrogen (secondary N) is 1. The van der Waals surface area contributed by atoms with Gasteiger partial charge in [0.1, 0.15) is 6.04 Å². The summed E-state index contributed by atoms with van der Waals surface area (Å²) in [6, 6.07) is 7.75. The van der Waals surface area contributed by atoms with E-state index in [4.69, 9.17) is 0 Å². The van der Waals surface area contributed by atoms with Crippen molar-refractivity contribution in [1.29, 1.82) is 0 Å². The molecule has 2 atom stereocenters. The van der Waals surface area contributed by atoms with Gasteiger partial charge in [0.25, 0.3) is 5.91 Å². The summed E-state index contributed by atoms with van der Waals surface area (Å²) in [6.45, 7) is 2.02. The molecule has 3 fully saturated rings. The zero-order valence-corrected chi connectivity index (χ0v) is 16.3.